The summed E-state index contributed by atoms with van der Waals surface area (Å²) in [6.45, 7) is 0. The fourth-order valence-electron chi connectivity index (χ4n) is 2.68. The van der Waals surface area contributed by atoms with Gasteiger partial charge in [0, 0.05) is 18.0 Å². The summed E-state index contributed by atoms with van der Waals surface area (Å²) in [5.74, 6) is -1.58. The summed E-state index contributed by atoms with van der Waals surface area (Å²) in [4.78, 5) is 12.8. The van der Waals surface area contributed by atoms with Crippen LogP contribution in [-0.2, 0) is 18.0 Å². The van der Waals surface area contributed by atoms with Crippen LogP contribution in [0, 0.1) is 11.6 Å². The molecule has 0 saturated heterocycles. The second-order valence-electron chi connectivity index (χ2n) is 5.97. The number of benzene rings is 2. The Balaban J connectivity index is 2.17. The van der Waals surface area contributed by atoms with Crippen molar-refractivity contribution in [2.75, 3.05) is 12.0 Å². The molecule has 0 aliphatic rings. The molecular weight excluding hydrogens is 429 g/mol. The smallest absolute Gasteiger partial charge is 0.437 e. The molecule has 0 aliphatic heterocycles. The number of aromatic nitrogens is 2. The molecule has 30 heavy (non-hydrogen) atoms. The van der Waals surface area contributed by atoms with Gasteiger partial charge in [0.2, 0.25) is 6.41 Å². The zero-order valence-electron chi connectivity index (χ0n) is 15.6. The number of alkyl halides is 3. The van der Waals surface area contributed by atoms with Crippen molar-refractivity contribution >= 4 is 29.5 Å². The first-order valence-electron chi connectivity index (χ1n) is 8.31. The number of methoxy groups -OCH3 is 1. The maximum absolute atomic E-state index is 14.3. The van der Waals surface area contributed by atoms with Crippen molar-refractivity contribution in [3.05, 3.63) is 59.8 Å². The minimum atomic E-state index is -4.93. The average molecular weight is 443 g/mol. The standard InChI is InChI=1S/C19H14F5N3O2S/c1-26-18(30-13-6-4-12(29-2)5-7-13)16(17(25-26)19(22,23)24)27(10-28)15-8-3-11(20)9-14(15)21/h3-10H,1-2H3. The first-order chi connectivity index (χ1) is 14.2. The maximum atomic E-state index is 14.3. The summed E-state index contributed by atoms with van der Waals surface area (Å²) < 4.78 is 74.5. The van der Waals surface area contributed by atoms with E-state index in [0.29, 0.717) is 21.6 Å². The van der Waals surface area contributed by atoms with Crippen LogP contribution < -0.4 is 9.64 Å². The van der Waals surface area contributed by atoms with Gasteiger partial charge in [-0.3, -0.25) is 14.4 Å². The van der Waals surface area contributed by atoms with Crippen molar-refractivity contribution in [1.82, 2.24) is 9.78 Å². The topological polar surface area (TPSA) is 47.4 Å². The van der Waals surface area contributed by atoms with Crippen LogP contribution in [0.25, 0.3) is 0 Å². The highest BCUT2D eigenvalue weighted by Crippen LogP contribution is 2.45. The van der Waals surface area contributed by atoms with Crippen LogP contribution in [0.1, 0.15) is 5.69 Å². The number of aryl methyl sites for hydroxylation is 1. The normalized spacial score (nSPS) is 11.4. The molecule has 3 rings (SSSR count). The maximum Gasteiger partial charge on any atom is 0.437 e. The van der Waals surface area contributed by atoms with Crippen molar-refractivity contribution in [1.29, 1.82) is 0 Å². The lowest BCUT2D eigenvalue weighted by molar-refractivity contribution is -0.140. The van der Waals surface area contributed by atoms with E-state index in [1.807, 2.05) is 0 Å². The average Bonchev–Trinajstić information content (AvgIpc) is 3.01. The van der Waals surface area contributed by atoms with Crippen LogP contribution in [0.3, 0.4) is 0 Å². The molecule has 0 saturated carbocycles. The number of carbonyl (C=O) groups is 1. The molecule has 0 spiro atoms. The molecule has 11 heteroatoms. The van der Waals surface area contributed by atoms with E-state index in [-0.39, 0.29) is 11.4 Å². The third kappa shape index (κ3) is 4.25. The summed E-state index contributed by atoms with van der Waals surface area (Å²) in [6.07, 6.45) is -4.90. The van der Waals surface area contributed by atoms with Gasteiger partial charge in [-0.05, 0) is 36.4 Å². The monoisotopic (exact) mass is 443 g/mol. The number of anilines is 2. The molecule has 3 aromatic rings. The van der Waals surface area contributed by atoms with Crippen LogP contribution in [0.2, 0.25) is 0 Å². The van der Waals surface area contributed by atoms with Gasteiger partial charge in [0.25, 0.3) is 0 Å². The number of amides is 1. The molecule has 2 aromatic carbocycles. The molecule has 0 fully saturated rings. The first-order valence-corrected chi connectivity index (χ1v) is 9.13. The SMILES string of the molecule is COc1ccc(Sc2c(N(C=O)c3ccc(F)cc3F)c(C(F)(F)F)nn2C)cc1. The van der Waals surface area contributed by atoms with E-state index in [2.05, 4.69) is 5.10 Å². The van der Waals surface area contributed by atoms with Gasteiger partial charge < -0.3 is 4.74 Å². The highest BCUT2D eigenvalue weighted by atomic mass is 32.2. The van der Waals surface area contributed by atoms with E-state index in [0.717, 1.165) is 28.6 Å². The lowest BCUT2D eigenvalue weighted by atomic mass is 10.2. The van der Waals surface area contributed by atoms with Gasteiger partial charge in [-0.2, -0.15) is 18.3 Å². The van der Waals surface area contributed by atoms with E-state index in [1.165, 1.54) is 14.2 Å². The van der Waals surface area contributed by atoms with E-state index < -0.39 is 34.9 Å². The number of nitrogens with zero attached hydrogens (tertiary/aromatic N) is 3. The number of hydrogen-bond donors (Lipinski definition) is 0. The first kappa shape index (κ1) is 21.6. The van der Waals surface area contributed by atoms with E-state index in [9.17, 15) is 26.7 Å². The molecule has 1 aromatic heterocycles. The minimum absolute atomic E-state index is 0.0284. The third-order valence-corrected chi connectivity index (χ3v) is 5.19. The Morgan fingerprint density at radius 2 is 1.80 bits per heavy atom. The molecule has 0 aliphatic carbocycles. The Kier molecular flexibility index (Phi) is 6.01. The lowest BCUT2D eigenvalue weighted by Crippen LogP contribution is -2.20. The highest BCUT2D eigenvalue weighted by Gasteiger charge is 2.41. The molecule has 0 unspecified atom stereocenters. The summed E-state index contributed by atoms with van der Waals surface area (Å²) in [6, 6.07) is 8.64. The van der Waals surface area contributed by atoms with E-state index in [1.54, 1.807) is 24.3 Å². The molecular formula is C19H14F5N3O2S. The summed E-state index contributed by atoms with van der Waals surface area (Å²) in [5.41, 5.74) is -2.58. The molecule has 0 atom stereocenters. The van der Waals surface area contributed by atoms with Crippen LogP contribution in [0.5, 0.6) is 5.75 Å². The quantitative estimate of drug-likeness (QED) is 0.390. The van der Waals surface area contributed by atoms with Crippen molar-refractivity contribution in [3.63, 3.8) is 0 Å². The Hall–Kier alpha value is -3.08. The van der Waals surface area contributed by atoms with Gasteiger partial charge in [-0.25, -0.2) is 8.78 Å². The summed E-state index contributed by atoms with van der Waals surface area (Å²) in [5, 5.41) is 3.44. The van der Waals surface area contributed by atoms with Crippen molar-refractivity contribution < 1.29 is 31.5 Å². The fraction of sp³-hybridized carbons (Fsp3) is 0.158. The van der Waals surface area contributed by atoms with Gasteiger partial charge in [-0.1, -0.05) is 11.8 Å². The lowest BCUT2D eigenvalue weighted by Gasteiger charge is -2.20. The van der Waals surface area contributed by atoms with Gasteiger partial charge in [0.1, 0.15) is 28.1 Å². The van der Waals surface area contributed by atoms with Gasteiger partial charge in [0.15, 0.2) is 5.69 Å². The Morgan fingerprint density at radius 1 is 1.13 bits per heavy atom. The Labute approximate surface area is 172 Å². The second kappa shape index (κ2) is 8.34. The molecule has 0 bridgehead atoms. The minimum Gasteiger partial charge on any atom is -0.497 e. The summed E-state index contributed by atoms with van der Waals surface area (Å²) in [7, 11) is 2.74. The zero-order chi connectivity index (χ0) is 22.1. The number of carbonyl (C=O) groups excluding carboxylic acids is 1. The van der Waals surface area contributed by atoms with Crippen LogP contribution in [0.15, 0.2) is 52.4 Å². The zero-order valence-corrected chi connectivity index (χ0v) is 16.4. The van der Waals surface area contributed by atoms with Gasteiger partial charge >= 0.3 is 6.18 Å². The van der Waals surface area contributed by atoms with Crippen molar-refractivity contribution in [2.24, 2.45) is 7.05 Å². The van der Waals surface area contributed by atoms with E-state index >= 15 is 0 Å². The predicted octanol–water partition coefficient (Wildman–Crippen LogP) is 5.17. The summed E-state index contributed by atoms with van der Waals surface area (Å²) >= 11 is 0.892. The van der Waals surface area contributed by atoms with Gasteiger partial charge in [-0.15, -0.1) is 0 Å². The predicted molar refractivity (Wildman–Crippen MR) is 99.9 cm³/mol. The molecule has 1 heterocycles. The number of rotatable bonds is 6. The largest absolute Gasteiger partial charge is 0.497 e. The third-order valence-electron chi connectivity index (χ3n) is 4.03. The van der Waals surface area contributed by atoms with Gasteiger partial charge in [0.05, 0.1) is 12.8 Å². The molecule has 5 nitrogen and oxygen atoms in total. The molecule has 0 N–H and O–H groups in total. The van der Waals surface area contributed by atoms with Crippen LogP contribution in [0.4, 0.5) is 33.3 Å². The number of halogens is 5. The van der Waals surface area contributed by atoms with Crippen LogP contribution >= 0.6 is 11.8 Å². The fourth-order valence-corrected chi connectivity index (χ4v) is 3.64. The van der Waals surface area contributed by atoms with Crippen LogP contribution in [-0.4, -0.2) is 23.3 Å². The molecule has 1 amide bonds. The molecule has 158 valence electrons. The van der Waals surface area contributed by atoms with E-state index in [4.69, 9.17) is 4.74 Å². The van der Waals surface area contributed by atoms with Crippen molar-refractivity contribution in [3.8, 4) is 5.75 Å². The highest BCUT2D eigenvalue weighted by molar-refractivity contribution is 7.99. The van der Waals surface area contributed by atoms with Crippen molar-refractivity contribution in [2.45, 2.75) is 16.1 Å². The second-order valence-corrected chi connectivity index (χ2v) is 7.03. The molecule has 0 radical (unpaired) electrons. The Morgan fingerprint density at radius 3 is 2.33 bits per heavy atom. The Bertz CT molecular complexity index is 1070. The number of hydrogen-bond acceptors (Lipinski definition) is 4. The number of ether oxygens (including phenoxy) is 1.